The topological polar surface area (TPSA) is 35.5 Å². The molecule has 1 aromatic rings. The number of ether oxygens (including phenoxy) is 2. The van der Waals surface area contributed by atoms with Crippen LogP contribution in [-0.2, 0) is 9.53 Å². The number of benzene rings is 1. The maximum Gasteiger partial charge on any atom is 0.343 e. The van der Waals surface area contributed by atoms with Gasteiger partial charge in [0.15, 0.2) is 6.61 Å². The predicted octanol–water partition coefficient (Wildman–Crippen LogP) is 2.47. The minimum Gasteiger partial charge on any atom is -0.482 e. The Balaban J connectivity index is 2.62. The van der Waals surface area contributed by atoms with E-state index in [4.69, 9.17) is 4.74 Å². The van der Waals surface area contributed by atoms with E-state index in [-0.39, 0.29) is 6.61 Å². The molecule has 0 heterocycles. The first-order valence-corrected chi connectivity index (χ1v) is 9.23. The SMILES string of the molecule is COC(=O)COc1ccc(C#C[Si](C)(C)C)cc1. The van der Waals surface area contributed by atoms with E-state index in [9.17, 15) is 4.79 Å². The Bertz CT molecular complexity index is 461. The van der Waals surface area contributed by atoms with Gasteiger partial charge in [0.1, 0.15) is 13.8 Å². The summed E-state index contributed by atoms with van der Waals surface area (Å²) in [6, 6.07) is 7.38. The third-order valence-electron chi connectivity index (χ3n) is 2.02. The van der Waals surface area contributed by atoms with Gasteiger partial charge in [0.2, 0.25) is 0 Å². The molecule has 0 aliphatic rings. The largest absolute Gasteiger partial charge is 0.482 e. The van der Waals surface area contributed by atoms with E-state index in [1.165, 1.54) is 7.11 Å². The zero-order valence-corrected chi connectivity index (χ0v) is 12.2. The Kier molecular flexibility index (Phi) is 4.99. The molecule has 0 saturated heterocycles. The summed E-state index contributed by atoms with van der Waals surface area (Å²) in [7, 11) is -0.00808. The van der Waals surface area contributed by atoms with Crippen molar-refractivity contribution < 1.29 is 14.3 Å². The van der Waals surface area contributed by atoms with E-state index < -0.39 is 14.0 Å². The molecular weight excluding hydrogens is 244 g/mol. The number of rotatable bonds is 3. The summed E-state index contributed by atoms with van der Waals surface area (Å²) in [5.41, 5.74) is 4.25. The van der Waals surface area contributed by atoms with Crippen LogP contribution in [0, 0.1) is 11.5 Å². The van der Waals surface area contributed by atoms with Crippen LogP contribution in [0.3, 0.4) is 0 Å². The van der Waals surface area contributed by atoms with Gasteiger partial charge in [0.25, 0.3) is 0 Å². The predicted molar refractivity (Wildman–Crippen MR) is 74.2 cm³/mol. The molecule has 0 aliphatic heterocycles. The van der Waals surface area contributed by atoms with E-state index in [2.05, 4.69) is 35.8 Å². The normalized spacial score (nSPS) is 10.2. The number of hydrogen-bond acceptors (Lipinski definition) is 3. The summed E-state index contributed by atoms with van der Waals surface area (Å²) in [5, 5.41) is 0. The molecule has 1 rings (SSSR count). The van der Waals surface area contributed by atoms with Gasteiger partial charge in [-0.25, -0.2) is 4.79 Å². The second kappa shape index (κ2) is 6.27. The van der Waals surface area contributed by atoms with Gasteiger partial charge in [-0.1, -0.05) is 25.6 Å². The lowest BCUT2D eigenvalue weighted by Crippen LogP contribution is -2.16. The monoisotopic (exact) mass is 262 g/mol. The Labute approximate surface area is 109 Å². The van der Waals surface area contributed by atoms with Crippen molar-refractivity contribution >= 4 is 14.0 Å². The van der Waals surface area contributed by atoms with Crippen LogP contribution in [0.15, 0.2) is 24.3 Å². The van der Waals surface area contributed by atoms with Crippen LogP contribution in [0.2, 0.25) is 19.6 Å². The molecule has 0 atom stereocenters. The lowest BCUT2D eigenvalue weighted by atomic mass is 10.2. The van der Waals surface area contributed by atoms with Crippen molar-refractivity contribution in [3.8, 4) is 17.2 Å². The van der Waals surface area contributed by atoms with Crippen molar-refractivity contribution in [3.05, 3.63) is 29.8 Å². The first-order chi connectivity index (χ1) is 8.40. The number of carbonyl (C=O) groups is 1. The highest BCUT2D eigenvalue weighted by Gasteiger charge is 2.07. The Hall–Kier alpha value is -1.73. The van der Waals surface area contributed by atoms with E-state index in [0.29, 0.717) is 5.75 Å². The van der Waals surface area contributed by atoms with Crippen molar-refractivity contribution in [2.75, 3.05) is 13.7 Å². The summed E-state index contributed by atoms with van der Waals surface area (Å²) in [4.78, 5) is 10.9. The molecule has 0 N–H and O–H groups in total. The fourth-order valence-electron chi connectivity index (χ4n) is 1.10. The molecule has 0 radical (unpaired) electrons. The highest BCUT2D eigenvalue weighted by molar-refractivity contribution is 6.83. The number of esters is 1. The molecule has 0 aromatic heterocycles. The minimum absolute atomic E-state index is 0.0730. The van der Waals surface area contributed by atoms with Gasteiger partial charge in [0.05, 0.1) is 7.11 Å². The molecule has 1 aromatic carbocycles. The molecule has 4 heteroatoms. The molecule has 3 nitrogen and oxygen atoms in total. The molecule has 0 spiro atoms. The number of methoxy groups -OCH3 is 1. The summed E-state index contributed by atoms with van der Waals surface area (Å²) in [6.07, 6.45) is 0. The third kappa shape index (κ3) is 5.55. The third-order valence-corrected chi connectivity index (χ3v) is 2.90. The number of carbonyl (C=O) groups excluding carboxylic acids is 1. The first-order valence-electron chi connectivity index (χ1n) is 5.73. The molecule has 0 amide bonds. The summed E-state index contributed by atoms with van der Waals surface area (Å²) >= 11 is 0. The summed E-state index contributed by atoms with van der Waals surface area (Å²) in [6.45, 7) is 6.53. The van der Waals surface area contributed by atoms with Gasteiger partial charge in [-0.2, -0.15) is 0 Å². The second-order valence-electron chi connectivity index (χ2n) is 4.89. The van der Waals surface area contributed by atoms with Crippen molar-refractivity contribution in [1.82, 2.24) is 0 Å². The fraction of sp³-hybridized carbons (Fsp3) is 0.357. The molecule has 0 saturated carbocycles. The van der Waals surface area contributed by atoms with Crippen LogP contribution >= 0.6 is 0 Å². The van der Waals surface area contributed by atoms with Crippen molar-refractivity contribution in [2.45, 2.75) is 19.6 Å². The lowest BCUT2D eigenvalue weighted by Gasteiger charge is -2.05. The first kappa shape index (κ1) is 14.3. The van der Waals surface area contributed by atoms with Gasteiger partial charge in [-0.15, -0.1) is 5.54 Å². The van der Waals surface area contributed by atoms with Crippen molar-refractivity contribution in [2.24, 2.45) is 0 Å². The van der Waals surface area contributed by atoms with E-state index in [0.717, 1.165) is 5.56 Å². The molecule has 18 heavy (non-hydrogen) atoms. The molecule has 0 aliphatic carbocycles. The Morgan fingerprint density at radius 2 is 1.83 bits per heavy atom. The molecule has 0 bridgehead atoms. The van der Waals surface area contributed by atoms with Gasteiger partial charge < -0.3 is 9.47 Å². The average molecular weight is 262 g/mol. The summed E-state index contributed by atoms with van der Waals surface area (Å²) in [5.74, 6) is 3.40. The highest BCUT2D eigenvalue weighted by atomic mass is 28.3. The standard InChI is InChI=1S/C14H18O3Si/c1-16-14(15)11-17-13-7-5-12(6-8-13)9-10-18(2,3)4/h5-8H,11H2,1-4H3. The van der Waals surface area contributed by atoms with Crippen LogP contribution in [0.4, 0.5) is 0 Å². The Morgan fingerprint density at radius 1 is 1.22 bits per heavy atom. The molecule has 0 unspecified atom stereocenters. The van der Waals surface area contributed by atoms with Gasteiger partial charge in [-0.3, -0.25) is 0 Å². The smallest absolute Gasteiger partial charge is 0.343 e. The zero-order chi connectivity index (χ0) is 13.6. The van der Waals surface area contributed by atoms with Gasteiger partial charge >= 0.3 is 5.97 Å². The minimum atomic E-state index is -1.34. The van der Waals surface area contributed by atoms with Crippen LogP contribution in [0.25, 0.3) is 0 Å². The van der Waals surface area contributed by atoms with E-state index >= 15 is 0 Å². The van der Waals surface area contributed by atoms with E-state index in [1.807, 2.05) is 12.1 Å². The quantitative estimate of drug-likeness (QED) is 0.477. The maximum atomic E-state index is 10.9. The van der Waals surface area contributed by atoms with Crippen LogP contribution in [-0.4, -0.2) is 27.8 Å². The maximum absolute atomic E-state index is 10.9. The molecular formula is C14H18O3Si. The molecule has 0 fully saturated rings. The van der Waals surface area contributed by atoms with Crippen molar-refractivity contribution in [3.63, 3.8) is 0 Å². The van der Waals surface area contributed by atoms with Gasteiger partial charge in [0, 0.05) is 5.56 Å². The second-order valence-corrected chi connectivity index (χ2v) is 9.64. The molecule has 96 valence electrons. The van der Waals surface area contributed by atoms with Crippen molar-refractivity contribution in [1.29, 1.82) is 0 Å². The number of hydrogen-bond donors (Lipinski definition) is 0. The average Bonchev–Trinajstić information content (AvgIpc) is 2.33. The summed E-state index contributed by atoms with van der Waals surface area (Å²) < 4.78 is 9.74. The van der Waals surface area contributed by atoms with Crippen LogP contribution in [0.1, 0.15) is 5.56 Å². The van der Waals surface area contributed by atoms with Crippen LogP contribution in [0.5, 0.6) is 5.75 Å². The highest BCUT2D eigenvalue weighted by Crippen LogP contribution is 2.11. The zero-order valence-electron chi connectivity index (χ0n) is 11.2. The lowest BCUT2D eigenvalue weighted by molar-refractivity contribution is -0.142. The van der Waals surface area contributed by atoms with E-state index in [1.54, 1.807) is 12.1 Å². The fourth-order valence-corrected chi connectivity index (χ4v) is 1.61. The van der Waals surface area contributed by atoms with Gasteiger partial charge in [-0.05, 0) is 24.3 Å². The Morgan fingerprint density at radius 3 is 2.33 bits per heavy atom. The van der Waals surface area contributed by atoms with Crippen LogP contribution < -0.4 is 4.74 Å².